The molecule has 1 N–H and O–H groups in total. The van der Waals surface area contributed by atoms with Gasteiger partial charge >= 0.3 is 0 Å². The topological polar surface area (TPSA) is 86.8 Å². The molecule has 0 unspecified atom stereocenters. The highest BCUT2D eigenvalue weighted by atomic mass is 35.5. The highest BCUT2D eigenvalue weighted by Crippen LogP contribution is 2.29. The lowest BCUT2D eigenvalue weighted by molar-refractivity contribution is -0.140. The number of benzene rings is 3. The van der Waals surface area contributed by atoms with Gasteiger partial charge in [0, 0.05) is 23.1 Å². The van der Waals surface area contributed by atoms with Crippen LogP contribution >= 0.6 is 23.2 Å². The molecule has 0 spiro atoms. The fourth-order valence-electron chi connectivity index (χ4n) is 4.15. The summed E-state index contributed by atoms with van der Waals surface area (Å²) in [5.74, 6) is -0.868. The lowest BCUT2D eigenvalue weighted by Crippen LogP contribution is -2.52. The number of nitrogens with zero attached hydrogens (tertiary/aromatic N) is 2. The number of rotatable bonds is 11. The third kappa shape index (κ3) is 6.87. The van der Waals surface area contributed by atoms with Gasteiger partial charge in [-0.15, -0.1) is 0 Å². The molecule has 0 bridgehead atoms. The minimum atomic E-state index is -4.15. The molecule has 0 aromatic heterocycles. The summed E-state index contributed by atoms with van der Waals surface area (Å²) in [4.78, 5) is 28.4. The first-order chi connectivity index (χ1) is 18.1. The first kappa shape index (κ1) is 29.5. The molecule has 0 aliphatic rings. The maximum Gasteiger partial charge on any atom is 0.264 e. The van der Waals surface area contributed by atoms with Gasteiger partial charge in [0.25, 0.3) is 10.0 Å². The molecule has 7 nitrogen and oxygen atoms in total. The van der Waals surface area contributed by atoms with Gasteiger partial charge in [0.05, 0.1) is 10.6 Å². The maximum atomic E-state index is 14.0. The molecule has 0 aliphatic heterocycles. The lowest BCUT2D eigenvalue weighted by atomic mass is 10.1. The number of carbonyl (C=O) groups is 2. The van der Waals surface area contributed by atoms with E-state index in [1.165, 1.54) is 17.0 Å². The van der Waals surface area contributed by atoms with Crippen LogP contribution in [0.1, 0.15) is 31.4 Å². The van der Waals surface area contributed by atoms with E-state index in [0.717, 1.165) is 4.31 Å². The second-order valence-corrected chi connectivity index (χ2v) is 11.4. The Bertz CT molecular complexity index is 1380. The molecule has 0 saturated heterocycles. The zero-order valence-corrected chi connectivity index (χ0v) is 23.9. The highest BCUT2D eigenvalue weighted by Gasteiger charge is 2.34. The van der Waals surface area contributed by atoms with Gasteiger partial charge in [-0.1, -0.05) is 66.5 Å². The van der Waals surface area contributed by atoms with Gasteiger partial charge in [0.1, 0.15) is 12.6 Å². The van der Waals surface area contributed by atoms with E-state index in [4.69, 9.17) is 23.2 Å². The molecule has 0 saturated carbocycles. The fraction of sp³-hybridized carbons (Fsp3) is 0.286. The second-order valence-electron chi connectivity index (χ2n) is 8.69. The summed E-state index contributed by atoms with van der Waals surface area (Å²) in [7, 11) is -4.15. The molecule has 10 heteroatoms. The summed E-state index contributed by atoms with van der Waals surface area (Å²) in [6.45, 7) is 5.22. The van der Waals surface area contributed by atoms with Crippen molar-refractivity contribution in [1.29, 1.82) is 0 Å². The van der Waals surface area contributed by atoms with E-state index in [0.29, 0.717) is 39.8 Å². The number of hydrogen-bond donors (Lipinski definition) is 1. The van der Waals surface area contributed by atoms with Crippen LogP contribution in [0.5, 0.6) is 0 Å². The third-order valence-corrected chi connectivity index (χ3v) is 8.45. The zero-order chi connectivity index (χ0) is 27.9. The van der Waals surface area contributed by atoms with E-state index in [1.54, 1.807) is 81.4 Å². The molecule has 3 aromatic carbocycles. The van der Waals surface area contributed by atoms with Crippen molar-refractivity contribution in [2.75, 3.05) is 17.4 Å². The molecule has 1 atom stereocenters. The Kier molecular flexibility index (Phi) is 10.2. The quantitative estimate of drug-likeness (QED) is 0.330. The predicted octanol–water partition coefficient (Wildman–Crippen LogP) is 5.44. The summed E-state index contributed by atoms with van der Waals surface area (Å²) in [6, 6.07) is 18.9. The molecule has 0 radical (unpaired) electrons. The lowest BCUT2D eigenvalue weighted by Gasteiger charge is -2.33. The molecular formula is C28H31Cl2N3O4S. The largest absolute Gasteiger partial charge is 0.355 e. The van der Waals surface area contributed by atoms with Crippen LogP contribution in [0.25, 0.3) is 0 Å². The predicted molar refractivity (Wildman–Crippen MR) is 152 cm³/mol. The fourth-order valence-corrected chi connectivity index (χ4v) is 6.08. The Morgan fingerprint density at radius 3 is 2.21 bits per heavy atom. The van der Waals surface area contributed by atoms with Crippen molar-refractivity contribution < 1.29 is 18.0 Å². The second kappa shape index (κ2) is 13.1. The van der Waals surface area contributed by atoms with Crippen LogP contribution in [0.2, 0.25) is 10.0 Å². The van der Waals surface area contributed by atoms with Crippen molar-refractivity contribution in [3.63, 3.8) is 0 Å². The SMILES string of the molecule is CCNC(=O)[C@@H](CC)N(Cc1ccccc1Cl)C(=O)CN(c1ccc(Cl)cc1C)S(=O)(=O)c1ccccc1. The molecule has 3 aromatic rings. The van der Waals surface area contributed by atoms with E-state index in [9.17, 15) is 18.0 Å². The number of halogens is 2. The van der Waals surface area contributed by atoms with Crippen molar-refractivity contribution >= 4 is 50.7 Å². The molecule has 0 aliphatic carbocycles. The smallest absolute Gasteiger partial charge is 0.264 e. The summed E-state index contributed by atoms with van der Waals surface area (Å²) in [5, 5.41) is 3.66. The number of sulfonamides is 1. The van der Waals surface area contributed by atoms with Gasteiger partial charge in [-0.25, -0.2) is 8.42 Å². The zero-order valence-electron chi connectivity index (χ0n) is 21.5. The Morgan fingerprint density at radius 1 is 0.947 bits per heavy atom. The average Bonchev–Trinajstić information content (AvgIpc) is 2.89. The van der Waals surface area contributed by atoms with Crippen LogP contribution in [0.15, 0.2) is 77.7 Å². The number of aryl methyl sites for hydroxylation is 1. The first-order valence-electron chi connectivity index (χ1n) is 12.2. The van der Waals surface area contributed by atoms with Gasteiger partial charge in [-0.05, 0) is 67.8 Å². The van der Waals surface area contributed by atoms with Crippen LogP contribution in [-0.2, 0) is 26.2 Å². The van der Waals surface area contributed by atoms with Crippen molar-refractivity contribution in [1.82, 2.24) is 10.2 Å². The monoisotopic (exact) mass is 575 g/mol. The molecule has 38 heavy (non-hydrogen) atoms. The van der Waals surface area contributed by atoms with E-state index >= 15 is 0 Å². The third-order valence-electron chi connectivity index (χ3n) is 6.07. The Balaban J connectivity index is 2.10. The van der Waals surface area contributed by atoms with Crippen LogP contribution in [0, 0.1) is 6.92 Å². The number of nitrogens with one attached hydrogen (secondary N) is 1. The van der Waals surface area contributed by atoms with Gasteiger partial charge in [-0.2, -0.15) is 0 Å². The molecule has 3 rings (SSSR count). The van der Waals surface area contributed by atoms with Crippen molar-refractivity contribution in [3.05, 3.63) is 94.0 Å². The minimum Gasteiger partial charge on any atom is -0.355 e. The van der Waals surface area contributed by atoms with Crippen LogP contribution < -0.4 is 9.62 Å². The van der Waals surface area contributed by atoms with Gasteiger partial charge < -0.3 is 10.2 Å². The number of hydrogen-bond acceptors (Lipinski definition) is 4. The first-order valence-corrected chi connectivity index (χ1v) is 14.4. The van der Waals surface area contributed by atoms with E-state index in [-0.39, 0.29) is 17.3 Å². The number of carbonyl (C=O) groups excluding carboxylic acids is 2. The van der Waals surface area contributed by atoms with Crippen LogP contribution in [0.3, 0.4) is 0 Å². The summed E-state index contributed by atoms with van der Waals surface area (Å²) >= 11 is 12.5. The Labute approximate surface area is 234 Å². The van der Waals surface area contributed by atoms with Gasteiger partial charge in [0.15, 0.2) is 0 Å². The highest BCUT2D eigenvalue weighted by molar-refractivity contribution is 7.92. The Morgan fingerprint density at radius 2 is 1.61 bits per heavy atom. The van der Waals surface area contributed by atoms with Gasteiger partial charge in [-0.3, -0.25) is 13.9 Å². The normalized spacial score (nSPS) is 12.0. The van der Waals surface area contributed by atoms with E-state index < -0.39 is 28.5 Å². The number of anilines is 1. The van der Waals surface area contributed by atoms with E-state index in [1.807, 2.05) is 0 Å². The van der Waals surface area contributed by atoms with Crippen LogP contribution in [-0.4, -0.2) is 44.3 Å². The molecular weight excluding hydrogens is 545 g/mol. The van der Waals surface area contributed by atoms with E-state index in [2.05, 4.69) is 5.32 Å². The summed E-state index contributed by atoms with van der Waals surface area (Å²) in [6.07, 6.45) is 0.327. The Hall–Kier alpha value is -3.07. The number of likely N-dealkylation sites (N-methyl/N-ethyl adjacent to an activating group) is 1. The van der Waals surface area contributed by atoms with Crippen molar-refractivity contribution in [2.45, 2.75) is 44.7 Å². The summed E-state index contributed by atoms with van der Waals surface area (Å²) < 4.78 is 28.7. The molecule has 202 valence electrons. The average molecular weight is 577 g/mol. The van der Waals surface area contributed by atoms with Crippen molar-refractivity contribution in [2.24, 2.45) is 0 Å². The maximum absolute atomic E-state index is 14.0. The molecule has 0 heterocycles. The summed E-state index contributed by atoms with van der Waals surface area (Å²) in [5.41, 5.74) is 1.54. The van der Waals surface area contributed by atoms with Crippen molar-refractivity contribution in [3.8, 4) is 0 Å². The standard InChI is InChI=1S/C28H31Cl2N3O4S/c1-4-25(28(35)31-5-2)32(18-21-11-9-10-14-24(21)30)27(34)19-33(26-16-15-22(29)17-20(26)3)38(36,37)23-12-7-6-8-13-23/h6-17,25H,4-5,18-19H2,1-3H3,(H,31,35)/t25-/m1/s1. The van der Waals surface area contributed by atoms with Gasteiger partial charge in [0.2, 0.25) is 11.8 Å². The number of amides is 2. The molecule has 2 amide bonds. The van der Waals surface area contributed by atoms with Crippen LogP contribution in [0.4, 0.5) is 5.69 Å². The molecule has 0 fully saturated rings. The minimum absolute atomic E-state index is 0.0347.